The molecule has 0 saturated heterocycles. The molecule has 0 unspecified atom stereocenters. The van der Waals surface area contributed by atoms with Crippen LogP contribution < -0.4 is 19.5 Å². The molecule has 0 atom stereocenters. The summed E-state index contributed by atoms with van der Waals surface area (Å²) >= 11 is 0. The van der Waals surface area contributed by atoms with Gasteiger partial charge in [-0.1, -0.05) is 0 Å². The molecule has 0 aliphatic carbocycles. The fourth-order valence-electron chi connectivity index (χ4n) is 3.41. The molecule has 1 aromatic carbocycles. The first kappa shape index (κ1) is 18.6. The molecule has 0 fully saturated rings. The van der Waals surface area contributed by atoms with Crippen molar-refractivity contribution < 1.29 is 33.3 Å². The van der Waals surface area contributed by atoms with E-state index in [1.54, 1.807) is 26.0 Å². The van der Waals surface area contributed by atoms with Gasteiger partial charge in [-0.3, -0.25) is 0 Å². The van der Waals surface area contributed by atoms with E-state index in [0.717, 1.165) is 0 Å². The van der Waals surface area contributed by atoms with Crippen molar-refractivity contribution in [3.63, 3.8) is 0 Å². The van der Waals surface area contributed by atoms with Crippen LogP contribution in [0, 0.1) is 0 Å². The van der Waals surface area contributed by atoms with Gasteiger partial charge in [-0.2, -0.15) is 0 Å². The number of esters is 2. The van der Waals surface area contributed by atoms with E-state index in [4.69, 9.17) is 23.7 Å². The van der Waals surface area contributed by atoms with Crippen molar-refractivity contribution in [1.29, 1.82) is 0 Å². The predicted molar refractivity (Wildman–Crippen MR) is 94.4 cm³/mol. The first-order valence-corrected chi connectivity index (χ1v) is 8.25. The van der Waals surface area contributed by atoms with E-state index in [0.29, 0.717) is 45.4 Å². The monoisotopic (exact) mass is 375 g/mol. The van der Waals surface area contributed by atoms with Gasteiger partial charge in [0, 0.05) is 23.0 Å². The number of rotatable bonds is 4. The van der Waals surface area contributed by atoms with Crippen molar-refractivity contribution in [2.75, 3.05) is 28.1 Å². The lowest BCUT2D eigenvalue weighted by Crippen LogP contribution is -2.32. The van der Waals surface area contributed by atoms with E-state index in [2.05, 4.69) is 5.32 Å². The number of ether oxygens (including phenoxy) is 5. The van der Waals surface area contributed by atoms with Crippen molar-refractivity contribution >= 4 is 11.9 Å². The van der Waals surface area contributed by atoms with Crippen LogP contribution in [0.5, 0.6) is 17.2 Å². The largest absolute Gasteiger partial charge is 0.496 e. The van der Waals surface area contributed by atoms with Crippen molar-refractivity contribution in [2.45, 2.75) is 19.8 Å². The van der Waals surface area contributed by atoms with E-state index in [-0.39, 0.29) is 6.79 Å². The fourth-order valence-corrected chi connectivity index (χ4v) is 3.41. The second-order valence-corrected chi connectivity index (χ2v) is 6.07. The lowest BCUT2D eigenvalue weighted by Gasteiger charge is -2.30. The Labute approximate surface area is 156 Å². The summed E-state index contributed by atoms with van der Waals surface area (Å²) in [4.78, 5) is 25.1. The Balaban J connectivity index is 2.27. The third kappa shape index (κ3) is 3.07. The fraction of sp³-hybridized carbons (Fsp3) is 0.368. The molecule has 8 heteroatoms. The second-order valence-electron chi connectivity index (χ2n) is 6.07. The van der Waals surface area contributed by atoms with Gasteiger partial charge in [0.15, 0.2) is 11.5 Å². The van der Waals surface area contributed by atoms with Crippen LogP contribution in [0.3, 0.4) is 0 Å². The topological polar surface area (TPSA) is 92.3 Å². The molecule has 2 heterocycles. The highest BCUT2D eigenvalue weighted by Crippen LogP contribution is 2.47. The highest BCUT2D eigenvalue weighted by atomic mass is 16.7. The SMILES string of the molecule is COC(=O)C1=C(C)NC(C)=C(C(=O)OC)C1c1cc2c(cc1OC)OCO2. The Morgan fingerprint density at radius 3 is 1.96 bits per heavy atom. The molecule has 1 aromatic rings. The maximum atomic E-state index is 12.6. The van der Waals surface area contributed by atoms with Gasteiger partial charge in [0.05, 0.1) is 38.4 Å². The minimum absolute atomic E-state index is 0.0889. The van der Waals surface area contributed by atoms with Crippen molar-refractivity contribution in [2.24, 2.45) is 0 Å². The van der Waals surface area contributed by atoms with E-state index in [1.807, 2.05) is 0 Å². The molecule has 27 heavy (non-hydrogen) atoms. The first-order chi connectivity index (χ1) is 12.9. The molecule has 2 aliphatic heterocycles. The molecule has 0 amide bonds. The van der Waals surface area contributed by atoms with Gasteiger partial charge in [0.1, 0.15) is 5.75 Å². The van der Waals surface area contributed by atoms with Gasteiger partial charge in [0.25, 0.3) is 0 Å². The zero-order chi connectivity index (χ0) is 19.7. The maximum absolute atomic E-state index is 12.6. The van der Waals surface area contributed by atoms with Crippen molar-refractivity contribution in [3.8, 4) is 17.2 Å². The van der Waals surface area contributed by atoms with Crippen LogP contribution in [0.1, 0.15) is 25.3 Å². The van der Waals surface area contributed by atoms with Crippen LogP contribution in [0.25, 0.3) is 0 Å². The smallest absolute Gasteiger partial charge is 0.336 e. The van der Waals surface area contributed by atoms with Crippen LogP contribution in [0.4, 0.5) is 0 Å². The third-order valence-electron chi connectivity index (χ3n) is 4.61. The first-order valence-electron chi connectivity index (χ1n) is 8.25. The number of dihydropyridines is 1. The van der Waals surface area contributed by atoms with E-state index in [9.17, 15) is 9.59 Å². The minimum Gasteiger partial charge on any atom is -0.496 e. The highest BCUT2D eigenvalue weighted by Gasteiger charge is 2.40. The lowest BCUT2D eigenvalue weighted by atomic mass is 9.80. The minimum atomic E-state index is -0.754. The number of nitrogens with one attached hydrogen (secondary N) is 1. The number of fused-ring (bicyclic) bond motifs is 1. The number of allylic oxidation sites excluding steroid dienone is 2. The molecule has 1 N–H and O–H groups in total. The normalized spacial score (nSPS) is 16.2. The quantitative estimate of drug-likeness (QED) is 0.799. The number of hydrogen-bond donors (Lipinski definition) is 1. The molecule has 8 nitrogen and oxygen atoms in total. The molecular formula is C19H21NO7. The summed E-state index contributed by atoms with van der Waals surface area (Å²) < 4.78 is 26.3. The van der Waals surface area contributed by atoms with Gasteiger partial charge in [-0.05, 0) is 19.9 Å². The summed E-state index contributed by atoms with van der Waals surface area (Å²) in [6.07, 6.45) is 0. The summed E-state index contributed by atoms with van der Waals surface area (Å²) in [5.41, 5.74) is 2.32. The number of benzene rings is 1. The molecule has 2 aliphatic rings. The maximum Gasteiger partial charge on any atom is 0.336 e. The molecule has 144 valence electrons. The number of hydrogen-bond acceptors (Lipinski definition) is 8. The summed E-state index contributed by atoms with van der Waals surface area (Å²) in [5, 5.41) is 3.06. The zero-order valence-corrected chi connectivity index (χ0v) is 15.8. The Kier molecular flexibility index (Phi) is 4.98. The second kappa shape index (κ2) is 7.22. The van der Waals surface area contributed by atoms with Crippen LogP contribution >= 0.6 is 0 Å². The summed E-state index contributed by atoms with van der Waals surface area (Å²) in [6.45, 7) is 3.58. The molecular weight excluding hydrogens is 354 g/mol. The number of carbonyl (C=O) groups excluding carboxylic acids is 2. The van der Waals surface area contributed by atoms with Crippen LogP contribution in [-0.4, -0.2) is 40.1 Å². The molecule has 0 spiro atoms. The lowest BCUT2D eigenvalue weighted by molar-refractivity contribution is -0.137. The van der Waals surface area contributed by atoms with Gasteiger partial charge in [-0.25, -0.2) is 9.59 Å². The average Bonchev–Trinajstić information content (AvgIpc) is 3.12. The Bertz CT molecular complexity index is 831. The van der Waals surface area contributed by atoms with Crippen molar-refractivity contribution in [1.82, 2.24) is 5.32 Å². The zero-order valence-electron chi connectivity index (χ0n) is 15.8. The predicted octanol–water partition coefficient (Wildman–Crippen LogP) is 2.00. The average molecular weight is 375 g/mol. The van der Waals surface area contributed by atoms with Crippen LogP contribution in [0.2, 0.25) is 0 Å². The van der Waals surface area contributed by atoms with Gasteiger partial charge < -0.3 is 29.0 Å². The Hall–Kier alpha value is -3.16. The Morgan fingerprint density at radius 2 is 1.48 bits per heavy atom. The number of methoxy groups -OCH3 is 3. The summed E-state index contributed by atoms with van der Waals surface area (Å²) in [5.74, 6) is -0.374. The van der Waals surface area contributed by atoms with E-state index < -0.39 is 17.9 Å². The van der Waals surface area contributed by atoms with Crippen molar-refractivity contribution in [3.05, 3.63) is 40.2 Å². The molecule has 0 bridgehead atoms. The van der Waals surface area contributed by atoms with E-state index in [1.165, 1.54) is 21.3 Å². The van der Waals surface area contributed by atoms with Crippen LogP contribution in [0.15, 0.2) is 34.7 Å². The molecule has 3 rings (SSSR count). The highest BCUT2D eigenvalue weighted by molar-refractivity contribution is 6.00. The Morgan fingerprint density at radius 1 is 0.963 bits per heavy atom. The third-order valence-corrected chi connectivity index (χ3v) is 4.61. The summed E-state index contributed by atoms with van der Waals surface area (Å²) in [7, 11) is 4.09. The molecule has 0 radical (unpaired) electrons. The van der Waals surface area contributed by atoms with Crippen LogP contribution in [-0.2, 0) is 19.1 Å². The van der Waals surface area contributed by atoms with Gasteiger partial charge in [-0.15, -0.1) is 0 Å². The summed E-state index contributed by atoms with van der Waals surface area (Å²) in [6, 6.07) is 3.39. The standard InChI is InChI=1S/C19H21NO7/c1-9-15(18(21)24-4)17(16(10(2)20-9)19(22)25-5)11-6-13-14(27-8-26-13)7-12(11)23-3/h6-7,17,20H,8H2,1-5H3. The number of carbonyl (C=O) groups is 2. The molecule has 0 saturated carbocycles. The van der Waals surface area contributed by atoms with Gasteiger partial charge in [0.2, 0.25) is 6.79 Å². The van der Waals surface area contributed by atoms with E-state index >= 15 is 0 Å². The van der Waals surface area contributed by atoms with Gasteiger partial charge >= 0.3 is 11.9 Å². The molecule has 0 aromatic heterocycles.